The van der Waals surface area contributed by atoms with E-state index in [2.05, 4.69) is 25.7 Å². The molecule has 3 aromatic rings. The molecule has 160 valence electrons. The smallest absolute Gasteiger partial charge is 0.255 e. The van der Waals surface area contributed by atoms with E-state index in [1.807, 2.05) is 42.5 Å². The van der Waals surface area contributed by atoms with Crippen LogP contribution in [-0.4, -0.2) is 52.6 Å². The van der Waals surface area contributed by atoms with Crippen molar-refractivity contribution in [3.63, 3.8) is 0 Å². The quantitative estimate of drug-likeness (QED) is 0.550. The molecule has 0 saturated carbocycles. The molecule has 2 aromatic carbocycles. The Labute approximate surface area is 185 Å². The Morgan fingerprint density at radius 2 is 1.77 bits per heavy atom. The van der Waals surface area contributed by atoms with Crippen LogP contribution in [0.4, 0.5) is 5.69 Å². The second-order valence-electron chi connectivity index (χ2n) is 7.60. The largest absolute Gasteiger partial charge is 0.349 e. The summed E-state index contributed by atoms with van der Waals surface area (Å²) in [4.78, 5) is 27.2. The number of aromatic nitrogens is 2. The fourth-order valence-electron chi connectivity index (χ4n) is 3.72. The minimum Gasteiger partial charge on any atom is -0.349 e. The maximum absolute atomic E-state index is 12.8. The highest BCUT2D eigenvalue weighted by molar-refractivity contribution is 6.30. The molecule has 2 heterocycles. The number of carbonyl (C=O) groups excluding carboxylic acids is 2. The Bertz CT molecular complexity index is 1030. The van der Waals surface area contributed by atoms with Crippen LogP contribution in [0.2, 0.25) is 5.02 Å². The van der Waals surface area contributed by atoms with Crippen molar-refractivity contribution in [2.45, 2.75) is 18.9 Å². The first-order valence-electron chi connectivity index (χ1n) is 10.3. The first-order chi connectivity index (χ1) is 15.1. The number of hydrogen-bond donors (Lipinski definition) is 3. The molecular formula is C23H24ClN5O2. The zero-order valence-corrected chi connectivity index (χ0v) is 17.7. The standard InChI is InChI=1S/C23H24ClN5O2/c24-17-8-6-16(7-9-17)22-20(14-25-28-22)23(31)27-19-10-12-29(13-11-19)15-21(30)26-18-4-2-1-3-5-18/h1-9,14,19H,10-13,15H2,(H,25,28)(H,26,30)(H,27,31). The van der Waals surface area contributed by atoms with Crippen LogP contribution >= 0.6 is 11.6 Å². The predicted octanol–water partition coefficient (Wildman–Crippen LogP) is 3.56. The zero-order valence-electron chi connectivity index (χ0n) is 17.0. The fourth-order valence-corrected chi connectivity index (χ4v) is 3.84. The van der Waals surface area contributed by atoms with Crippen molar-refractivity contribution in [2.24, 2.45) is 0 Å². The summed E-state index contributed by atoms with van der Waals surface area (Å²) >= 11 is 5.95. The Morgan fingerprint density at radius 3 is 2.48 bits per heavy atom. The number of rotatable bonds is 6. The maximum atomic E-state index is 12.8. The van der Waals surface area contributed by atoms with Crippen molar-refractivity contribution in [3.05, 3.63) is 71.4 Å². The Hall–Kier alpha value is -3.16. The molecule has 31 heavy (non-hydrogen) atoms. The van der Waals surface area contributed by atoms with Crippen LogP contribution in [0.5, 0.6) is 0 Å². The lowest BCUT2D eigenvalue weighted by atomic mass is 10.0. The summed E-state index contributed by atoms with van der Waals surface area (Å²) in [5.74, 6) is -0.182. The van der Waals surface area contributed by atoms with E-state index in [1.54, 1.807) is 18.3 Å². The topological polar surface area (TPSA) is 90.1 Å². The van der Waals surface area contributed by atoms with Gasteiger partial charge in [-0.05, 0) is 37.1 Å². The molecule has 4 rings (SSSR count). The summed E-state index contributed by atoms with van der Waals surface area (Å²) in [7, 11) is 0. The first kappa shape index (κ1) is 21.1. The molecule has 1 saturated heterocycles. The number of likely N-dealkylation sites (tertiary alicyclic amines) is 1. The van der Waals surface area contributed by atoms with Crippen molar-refractivity contribution < 1.29 is 9.59 Å². The summed E-state index contributed by atoms with van der Waals surface area (Å²) in [6, 6.07) is 16.8. The molecule has 1 aromatic heterocycles. The van der Waals surface area contributed by atoms with Gasteiger partial charge in [-0.1, -0.05) is 41.9 Å². The number of piperidine rings is 1. The number of carbonyl (C=O) groups is 2. The summed E-state index contributed by atoms with van der Waals surface area (Å²) in [6.07, 6.45) is 3.12. The Kier molecular flexibility index (Phi) is 6.64. The van der Waals surface area contributed by atoms with Crippen molar-refractivity contribution in [2.75, 3.05) is 25.0 Å². The van der Waals surface area contributed by atoms with Gasteiger partial charge in [0.25, 0.3) is 5.91 Å². The van der Waals surface area contributed by atoms with Crippen LogP contribution in [0.15, 0.2) is 60.8 Å². The van der Waals surface area contributed by atoms with Gasteiger partial charge < -0.3 is 10.6 Å². The third kappa shape index (κ3) is 5.51. The lowest BCUT2D eigenvalue weighted by molar-refractivity contribution is -0.117. The van der Waals surface area contributed by atoms with Gasteiger partial charge in [0.05, 0.1) is 24.0 Å². The summed E-state index contributed by atoms with van der Waals surface area (Å²) in [5.41, 5.74) is 2.83. The van der Waals surface area contributed by atoms with Gasteiger partial charge in [0.1, 0.15) is 0 Å². The normalized spacial score (nSPS) is 14.9. The van der Waals surface area contributed by atoms with E-state index in [0.717, 1.165) is 37.2 Å². The van der Waals surface area contributed by atoms with Crippen LogP contribution in [0, 0.1) is 0 Å². The highest BCUT2D eigenvalue weighted by atomic mass is 35.5. The fraction of sp³-hybridized carbons (Fsp3) is 0.261. The minimum atomic E-state index is -0.154. The number of H-pyrrole nitrogens is 1. The molecule has 0 atom stereocenters. The van der Waals surface area contributed by atoms with Crippen LogP contribution in [-0.2, 0) is 4.79 Å². The molecule has 0 spiro atoms. The van der Waals surface area contributed by atoms with E-state index in [4.69, 9.17) is 11.6 Å². The van der Waals surface area contributed by atoms with Gasteiger partial charge >= 0.3 is 0 Å². The summed E-state index contributed by atoms with van der Waals surface area (Å²) < 4.78 is 0. The molecule has 7 nitrogen and oxygen atoms in total. The highest BCUT2D eigenvalue weighted by Crippen LogP contribution is 2.23. The molecule has 1 aliphatic heterocycles. The van der Waals surface area contributed by atoms with Gasteiger partial charge in [0, 0.05) is 35.4 Å². The molecule has 2 amide bonds. The van der Waals surface area contributed by atoms with Gasteiger partial charge in [-0.25, -0.2) is 0 Å². The van der Waals surface area contributed by atoms with Gasteiger partial charge in [-0.15, -0.1) is 0 Å². The second-order valence-corrected chi connectivity index (χ2v) is 8.04. The Morgan fingerprint density at radius 1 is 1.06 bits per heavy atom. The van der Waals surface area contributed by atoms with E-state index in [9.17, 15) is 9.59 Å². The van der Waals surface area contributed by atoms with Crippen molar-refractivity contribution in [1.29, 1.82) is 0 Å². The molecular weight excluding hydrogens is 414 g/mol. The lowest BCUT2D eigenvalue weighted by Gasteiger charge is -2.31. The van der Waals surface area contributed by atoms with E-state index >= 15 is 0 Å². The monoisotopic (exact) mass is 437 g/mol. The first-order valence-corrected chi connectivity index (χ1v) is 10.6. The number of anilines is 1. The lowest BCUT2D eigenvalue weighted by Crippen LogP contribution is -2.46. The van der Waals surface area contributed by atoms with Crippen molar-refractivity contribution in [1.82, 2.24) is 20.4 Å². The average Bonchev–Trinajstić information content (AvgIpc) is 3.26. The molecule has 0 aliphatic carbocycles. The highest BCUT2D eigenvalue weighted by Gasteiger charge is 2.24. The number of benzene rings is 2. The minimum absolute atomic E-state index is 0.0281. The number of para-hydroxylation sites is 1. The average molecular weight is 438 g/mol. The number of aromatic amines is 1. The number of nitrogens with zero attached hydrogens (tertiary/aromatic N) is 2. The van der Waals surface area contributed by atoms with E-state index < -0.39 is 0 Å². The zero-order chi connectivity index (χ0) is 21.6. The SMILES string of the molecule is O=C(CN1CCC(NC(=O)c2cn[nH]c2-c2ccc(Cl)cc2)CC1)Nc1ccccc1. The van der Waals surface area contributed by atoms with Crippen LogP contribution < -0.4 is 10.6 Å². The van der Waals surface area contributed by atoms with Gasteiger partial charge in [-0.3, -0.25) is 19.6 Å². The van der Waals surface area contributed by atoms with Crippen molar-refractivity contribution >= 4 is 29.1 Å². The van der Waals surface area contributed by atoms with Crippen molar-refractivity contribution in [3.8, 4) is 11.3 Å². The third-order valence-corrected chi connectivity index (χ3v) is 5.62. The molecule has 0 unspecified atom stereocenters. The summed E-state index contributed by atoms with van der Waals surface area (Å²) in [6.45, 7) is 1.85. The third-order valence-electron chi connectivity index (χ3n) is 5.36. The van der Waals surface area contributed by atoms with E-state index in [-0.39, 0.29) is 17.9 Å². The maximum Gasteiger partial charge on any atom is 0.255 e. The van der Waals surface area contributed by atoms with E-state index in [0.29, 0.717) is 22.8 Å². The van der Waals surface area contributed by atoms with Crippen LogP contribution in [0.1, 0.15) is 23.2 Å². The predicted molar refractivity (Wildman–Crippen MR) is 121 cm³/mol. The van der Waals surface area contributed by atoms with Gasteiger partial charge in [-0.2, -0.15) is 5.10 Å². The number of halogens is 1. The Balaban J connectivity index is 1.28. The molecule has 1 aliphatic rings. The van der Waals surface area contributed by atoms with Crippen LogP contribution in [0.25, 0.3) is 11.3 Å². The van der Waals surface area contributed by atoms with Gasteiger partial charge in [0.2, 0.25) is 5.91 Å². The molecule has 0 bridgehead atoms. The summed E-state index contributed by atoms with van der Waals surface area (Å²) in [5, 5.41) is 13.6. The molecule has 1 fully saturated rings. The number of hydrogen-bond acceptors (Lipinski definition) is 4. The van der Waals surface area contributed by atoms with Gasteiger partial charge in [0.15, 0.2) is 0 Å². The van der Waals surface area contributed by atoms with E-state index in [1.165, 1.54) is 0 Å². The van der Waals surface area contributed by atoms with Crippen LogP contribution in [0.3, 0.4) is 0 Å². The molecule has 8 heteroatoms. The molecule has 3 N–H and O–H groups in total. The number of amides is 2. The molecule has 0 radical (unpaired) electrons. The number of nitrogens with one attached hydrogen (secondary N) is 3. The second kappa shape index (κ2) is 9.76.